The Bertz CT molecular complexity index is 794. The number of carbonyl (C=O) groups is 2. The second-order valence-corrected chi connectivity index (χ2v) is 8.26. The van der Waals surface area contributed by atoms with Crippen LogP contribution in [0.5, 0.6) is 0 Å². The summed E-state index contributed by atoms with van der Waals surface area (Å²) in [6.07, 6.45) is 3.56. The highest BCUT2D eigenvalue weighted by Gasteiger charge is 2.36. The minimum atomic E-state index is -0.0301. The van der Waals surface area contributed by atoms with Crippen LogP contribution in [-0.2, 0) is 9.59 Å². The predicted octanol–water partition coefficient (Wildman–Crippen LogP) is 3.50. The lowest BCUT2D eigenvalue weighted by atomic mass is 9.95. The minimum Gasteiger partial charge on any atom is -0.342 e. The van der Waals surface area contributed by atoms with Crippen LogP contribution in [0.1, 0.15) is 36.8 Å². The molecule has 25 heavy (non-hydrogen) atoms. The fourth-order valence-corrected chi connectivity index (χ4v) is 4.48. The maximum Gasteiger partial charge on any atom is 0.229 e. The van der Waals surface area contributed by atoms with Crippen molar-refractivity contribution in [1.29, 1.82) is 0 Å². The average molecular weight is 357 g/mol. The van der Waals surface area contributed by atoms with Crippen LogP contribution in [0.25, 0.3) is 10.2 Å². The second-order valence-electron chi connectivity index (χ2n) is 7.26. The van der Waals surface area contributed by atoms with Gasteiger partial charge in [0.1, 0.15) is 0 Å². The van der Waals surface area contributed by atoms with E-state index in [9.17, 15) is 9.59 Å². The molecular weight excluding hydrogens is 334 g/mol. The van der Waals surface area contributed by atoms with E-state index >= 15 is 0 Å². The molecule has 6 heteroatoms. The number of hydrogen-bond donors (Lipinski definition) is 1. The van der Waals surface area contributed by atoms with E-state index in [4.69, 9.17) is 0 Å². The van der Waals surface area contributed by atoms with Gasteiger partial charge in [0.25, 0.3) is 0 Å². The monoisotopic (exact) mass is 357 g/mol. The van der Waals surface area contributed by atoms with Gasteiger partial charge >= 0.3 is 0 Å². The summed E-state index contributed by atoms with van der Waals surface area (Å²) in [4.78, 5) is 31.2. The van der Waals surface area contributed by atoms with Gasteiger partial charge in [-0.15, -0.1) is 0 Å². The van der Waals surface area contributed by atoms with Crippen LogP contribution in [-0.4, -0.2) is 34.8 Å². The van der Waals surface area contributed by atoms with E-state index in [0.717, 1.165) is 41.5 Å². The highest BCUT2D eigenvalue weighted by molar-refractivity contribution is 7.22. The Kier molecular flexibility index (Phi) is 4.23. The summed E-state index contributed by atoms with van der Waals surface area (Å²) in [5.74, 6) is 0.556. The van der Waals surface area contributed by atoms with Gasteiger partial charge in [0, 0.05) is 24.9 Å². The smallest absolute Gasteiger partial charge is 0.229 e. The minimum absolute atomic E-state index is 0.0301. The first kappa shape index (κ1) is 16.5. The lowest BCUT2D eigenvalue weighted by molar-refractivity contribution is -0.135. The Labute approximate surface area is 151 Å². The molecule has 1 aliphatic carbocycles. The summed E-state index contributed by atoms with van der Waals surface area (Å²) in [7, 11) is 0. The highest BCUT2D eigenvalue weighted by Crippen LogP contribution is 2.33. The Morgan fingerprint density at radius 1 is 1.08 bits per heavy atom. The summed E-state index contributed by atoms with van der Waals surface area (Å²) in [5.41, 5.74) is 3.29. The first-order valence-electron chi connectivity index (χ1n) is 8.99. The number of aryl methyl sites for hydroxylation is 2. The number of amides is 2. The number of benzene rings is 1. The van der Waals surface area contributed by atoms with Gasteiger partial charge in [-0.2, -0.15) is 0 Å². The van der Waals surface area contributed by atoms with Crippen molar-refractivity contribution < 1.29 is 9.59 Å². The Balaban J connectivity index is 1.40. The molecule has 1 N–H and O–H groups in total. The molecule has 1 aromatic carbocycles. The summed E-state index contributed by atoms with van der Waals surface area (Å²) in [6, 6.07) is 4.16. The van der Waals surface area contributed by atoms with Gasteiger partial charge in [-0.05, 0) is 50.7 Å². The molecule has 2 aliphatic rings. The van der Waals surface area contributed by atoms with Gasteiger partial charge in [0.2, 0.25) is 11.8 Å². The predicted molar refractivity (Wildman–Crippen MR) is 99.8 cm³/mol. The quantitative estimate of drug-likeness (QED) is 0.914. The van der Waals surface area contributed by atoms with Crippen LogP contribution in [0.15, 0.2) is 12.1 Å². The number of aromatic nitrogens is 1. The largest absolute Gasteiger partial charge is 0.342 e. The summed E-state index contributed by atoms with van der Waals surface area (Å²) < 4.78 is 1.14. The molecule has 0 radical (unpaired) electrons. The number of nitrogens with zero attached hydrogens (tertiary/aromatic N) is 2. The van der Waals surface area contributed by atoms with Crippen LogP contribution in [0, 0.1) is 25.7 Å². The lowest BCUT2D eigenvalue weighted by Crippen LogP contribution is -2.42. The molecule has 1 saturated carbocycles. The molecule has 5 nitrogen and oxygen atoms in total. The van der Waals surface area contributed by atoms with Crippen molar-refractivity contribution in [3.05, 3.63) is 23.3 Å². The molecule has 0 bridgehead atoms. The van der Waals surface area contributed by atoms with Crippen molar-refractivity contribution in [2.24, 2.45) is 11.8 Å². The molecule has 0 spiro atoms. The number of likely N-dealkylation sites (tertiary alicyclic amines) is 1. The van der Waals surface area contributed by atoms with Crippen LogP contribution in [0.3, 0.4) is 0 Å². The summed E-state index contributed by atoms with van der Waals surface area (Å²) in [5, 5.41) is 3.67. The molecule has 1 aliphatic heterocycles. The molecule has 1 aromatic heterocycles. The SMILES string of the molecule is Cc1ccc(C)c2sc(NC(=O)C3CCN(C(=O)C4CC4)CC3)nc12. The number of nitrogens with one attached hydrogen (secondary N) is 1. The standard InChI is InChI=1S/C19H23N3O2S/c1-11-3-4-12(2)16-15(11)20-19(25-16)21-17(23)13-7-9-22(10-8-13)18(24)14-5-6-14/h3-4,13-14H,5-10H2,1-2H3,(H,20,21,23). The first-order chi connectivity index (χ1) is 12.0. The summed E-state index contributed by atoms with van der Waals surface area (Å²) >= 11 is 1.54. The Hall–Kier alpha value is -1.95. The summed E-state index contributed by atoms with van der Waals surface area (Å²) in [6.45, 7) is 5.51. The number of anilines is 1. The van der Waals surface area contributed by atoms with Gasteiger partial charge in [-0.1, -0.05) is 23.5 Å². The van der Waals surface area contributed by atoms with Crippen LogP contribution < -0.4 is 5.32 Å². The fourth-order valence-electron chi connectivity index (χ4n) is 3.47. The molecular formula is C19H23N3O2S. The van der Waals surface area contributed by atoms with E-state index in [2.05, 4.69) is 29.4 Å². The number of fused-ring (bicyclic) bond motifs is 1. The number of piperidine rings is 1. The zero-order chi connectivity index (χ0) is 17.6. The van der Waals surface area contributed by atoms with Crippen molar-refractivity contribution in [3.63, 3.8) is 0 Å². The van der Waals surface area contributed by atoms with Crippen molar-refractivity contribution in [2.45, 2.75) is 39.5 Å². The molecule has 2 fully saturated rings. The molecule has 4 rings (SSSR count). The molecule has 2 heterocycles. The number of carbonyl (C=O) groups excluding carboxylic acids is 2. The topological polar surface area (TPSA) is 62.3 Å². The van der Waals surface area contributed by atoms with Crippen molar-refractivity contribution in [2.75, 3.05) is 18.4 Å². The molecule has 132 valence electrons. The van der Waals surface area contributed by atoms with E-state index in [1.165, 1.54) is 5.56 Å². The molecule has 2 amide bonds. The second kappa shape index (κ2) is 6.41. The van der Waals surface area contributed by atoms with Crippen molar-refractivity contribution >= 4 is 38.5 Å². The van der Waals surface area contributed by atoms with Gasteiger partial charge in [0.15, 0.2) is 5.13 Å². The van der Waals surface area contributed by atoms with Crippen LogP contribution >= 0.6 is 11.3 Å². The number of thiazole rings is 1. The number of hydrogen-bond acceptors (Lipinski definition) is 4. The van der Waals surface area contributed by atoms with Gasteiger partial charge in [0.05, 0.1) is 10.2 Å². The van der Waals surface area contributed by atoms with Gasteiger partial charge < -0.3 is 10.2 Å². The average Bonchev–Trinajstić information content (AvgIpc) is 3.38. The first-order valence-corrected chi connectivity index (χ1v) is 9.81. The van der Waals surface area contributed by atoms with E-state index < -0.39 is 0 Å². The Morgan fingerprint density at radius 3 is 2.40 bits per heavy atom. The van der Waals surface area contributed by atoms with E-state index in [-0.39, 0.29) is 23.7 Å². The third-order valence-corrected chi connectivity index (χ3v) is 6.38. The maximum atomic E-state index is 12.6. The van der Waals surface area contributed by atoms with Crippen molar-refractivity contribution in [3.8, 4) is 0 Å². The Morgan fingerprint density at radius 2 is 1.76 bits per heavy atom. The fraction of sp³-hybridized carbons (Fsp3) is 0.526. The van der Waals surface area contributed by atoms with Crippen molar-refractivity contribution in [1.82, 2.24) is 9.88 Å². The highest BCUT2D eigenvalue weighted by atomic mass is 32.1. The molecule has 2 aromatic rings. The zero-order valence-electron chi connectivity index (χ0n) is 14.7. The van der Waals surface area contributed by atoms with E-state index in [1.54, 1.807) is 11.3 Å². The molecule has 1 saturated heterocycles. The lowest BCUT2D eigenvalue weighted by Gasteiger charge is -2.31. The molecule has 0 unspecified atom stereocenters. The maximum absolute atomic E-state index is 12.6. The van der Waals surface area contributed by atoms with Crippen LogP contribution in [0.4, 0.5) is 5.13 Å². The molecule has 0 atom stereocenters. The van der Waals surface area contributed by atoms with E-state index in [0.29, 0.717) is 18.2 Å². The van der Waals surface area contributed by atoms with Gasteiger partial charge in [-0.25, -0.2) is 4.98 Å². The zero-order valence-corrected chi connectivity index (χ0v) is 15.5. The third kappa shape index (κ3) is 3.27. The third-order valence-electron chi connectivity index (χ3n) is 5.28. The van der Waals surface area contributed by atoms with Gasteiger partial charge in [-0.3, -0.25) is 9.59 Å². The normalized spacial score (nSPS) is 18.6. The van der Waals surface area contributed by atoms with E-state index in [1.807, 2.05) is 11.8 Å². The van der Waals surface area contributed by atoms with Crippen LogP contribution in [0.2, 0.25) is 0 Å². The number of rotatable bonds is 3.